The first kappa shape index (κ1) is 21.0. The van der Waals surface area contributed by atoms with Crippen LogP contribution in [0, 0.1) is 11.7 Å². The van der Waals surface area contributed by atoms with Crippen molar-refractivity contribution in [3.8, 4) is 0 Å². The number of carbonyl (C=O) groups is 2. The van der Waals surface area contributed by atoms with Crippen LogP contribution < -0.4 is 10.6 Å². The number of hydrogen-bond acceptors (Lipinski definition) is 3. The summed E-state index contributed by atoms with van der Waals surface area (Å²) in [5.41, 5.74) is 1.67. The molecule has 0 radical (unpaired) electrons. The Kier molecular flexibility index (Phi) is 6.99. The van der Waals surface area contributed by atoms with Gasteiger partial charge >= 0.3 is 0 Å². The zero-order chi connectivity index (χ0) is 20.8. The Bertz CT molecular complexity index is 818. The molecule has 0 bridgehead atoms. The molecule has 6 heteroatoms. The standard InChI is InChI=1S/C23H28FN3O2/c1-16(18-8-10-20(24)11-9-18)25-22(28)17(2)27-14-12-19(13-15-27)23(29)26-21-6-4-3-5-7-21/h3-11,16-17,19H,12-15H2,1-2H3,(H,25,28)(H,26,29)/t16-,17-/m0/s1. The minimum atomic E-state index is -0.292. The third kappa shape index (κ3) is 5.64. The van der Waals surface area contributed by atoms with Crippen LogP contribution in [0.25, 0.3) is 0 Å². The molecular weight excluding hydrogens is 369 g/mol. The number of likely N-dealkylation sites (tertiary alicyclic amines) is 1. The predicted molar refractivity (Wildman–Crippen MR) is 112 cm³/mol. The van der Waals surface area contributed by atoms with Gasteiger partial charge in [0.15, 0.2) is 0 Å². The minimum absolute atomic E-state index is 0.0397. The maximum atomic E-state index is 13.1. The molecule has 1 heterocycles. The van der Waals surface area contributed by atoms with E-state index in [1.807, 2.05) is 44.2 Å². The second kappa shape index (κ2) is 9.65. The number of nitrogens with one attached hydrogen (secondary N) is 2. The van der Waals surface area contributed by atoms with E-state index in [-0.39, 0.29) is 35.6 Å². The summed E-state index contributed by atoms with van der Waals surface area (Å²) in [7, 11) is 0. The van der Waals surface area contributed by atoms with Gasteiger partial charge in [0.25, 0.3) is 0 Å². The fraction of sp³-hybridized carbons (Fsp3) is 0.391. The second-order valence-electron chi connectivity index (χ2n) is 7.62. The highest BCUT2D eigenvalue weighted by Gasteiger charge is 2.30. The highest BCUT2D eigenvalue weighted by atomic mass is 19.1. The normalized spacial score (nSPS) is 17.3. The van der Waals surface area contributed by atoms with Crippen molar-refractivity contribution in [1.82, 2.24) is 10.2 Å². The molecule has 0 spiro atoms. The Morgan fingerprint density at radius 3 is 2.24 bits per heavy atom. The largest absolute Gasteiger partial charge is 0.348 e. The monoisotopic (exact) mass is 397 g/mol. The van der Waals surface area contributed by atoms with Crippen molar-refractivity contribution >= 4 is 17.5 Å². The summed E-state index contributed by atoms with van der Waals surface area (Å²) >= 11 is 0. The third-order valence-corrected chi connectivity index (χ3v) is 5.60. The lowest BCUT2D eigenvalue weighted by Gasteiger charge is -2.35. The average molecular weight is 397 g/mol. The number of anilines is 1. The van der Waals surface area contributed by atoms with E-state index in [0.717, 1.165) is 24.1 Å². The summed E-state index contributed by atoms with van der Waals surface area (Å²) in [4.78, 5) is 27.2. The highest BCUT2D eigenvalue weighted by molar-refractivity contribution is 5.92. The maximum Gasteiger partial charge on any atom is 0.237 e. The number of carbonyl (C=O) groups excluding carboxylic acids is 2. The number of benzene rings is 2. The number of halogens is 1. The van der Waals surface area contributed by atoms with E-state index < -0.39 is 0 Å². The molecule has 2 amide bonds. The van der Waals surface area contributed by atoms with Crippen molar-refractivity contribution in [3.05, 3.63) is 66.0 Å². The summed E-state index contributed by atoms with van der Waals surface area (Å²) in [6.07, 6.45) is 1.45. The van der Waals surface area contributed by atoms with Gasteiger partial charge in [-0.15, -0.1) is 0 Å². The molecule has 0 aromatic heterocycles. The van der Waals surface area contributed by atoms with Crippen molar-refractivity contribution in [2.45, 2.75) is 38.8 Å². The van der Waals surface area contributed by atoms with Gasteiger partial charge in [0, 0.05) is 11.6 Å². The lowest BCUT2D eigenvalue weighted by Crippen LogP contribution is -2.49. The molecule has 1 saturated heterocycles. The summed E-state index contributed by atoms with van der Waals surface area (Å²) in [6, 6.07) is 15.1. The molecule has 154 valence electrons. The van der Waals surface area contributed by atoms with Crippen molar-refractivity contribution in [2.24, 2.45) is 5.92 Å². The van der Waals surface area contributed by atoms with Gasteiger partial charge < -0.3 is 10.6 Å². The number of hydrogen-bond donors (Lipinski definition) is 2. The van der Waals surface area contributed by atoms with E-state index in [9.17, 15) is 14.0 Å². The maximum absolute atomic E-state index is 13.1. The summed E-state index contributed by atoms with van der Waals surface area (Å²) < 4.78 is 13.1. The van der Waals surface area contributed by atoms with Crippen molar-refractivity contribution in [1.29, 1.82) is 0 Å². The number of piperidine rings is 1. The molecular formula is C23H28FN3O2. The van der Waals surface area contributed by atoms with Gasteiger partial charge in [0.05, 0.1) is 12.1 Å². The van der Waals surface area contributed by atoms with Crippen LogP contribution in [-0.4, -0.2) is 35.8 Å². The smallest absolute Gasteiger partial charge is 0.237 e. The molecule has 2 N–H and O–H groups in total. The molecule has 2 atom stereocenters. The van der Waals surface area contributed by atoms with Gasteiger partial charge in [-0.2, -0.15) is 0 Å². The molecule has 0 saturated carbocycles. The van der Waals surface area contributed by atoms with Crippen LogP contribution in [0.2, 0.25) is 0 Å². The summed E-state index contributed by atoms with van der Waals surface area (Å²) in [5.74, 6) is -0.355. The molecule has 2 aromatic rings. The fourth-order valence-corrected chi connectivity index (χ4v) is 3.65. The van der Waals surface area contributed by atoms with Gasteiger partial charge in [0.1, 0.15) is 5.82 Å². The Labute approximate surface area is 171 Å². The van der Waals surface area contributed by atoms with Gasteiger partial charge in [-0.25, -0.2) is 4.39 Å². The average Bonchev–Trinajstić information content (AvgIpc) is 2.74. The first-order valence-corrected chi connectivity index (χ1v) is 10.1. The summed E-state index contributed by atoms with van der Waals surface area (Å²) in [5, 5.41) is 5.96. The molecule has 29 heavy (non-hydrogen) atoms. The minimum Gasteiger partial charge on any atom is -0.348 e. The van der Waals surface area contributed by atoms with Crippen molar-refractivity contribution in [3.63, 3.8) is 0 Å². The van der Waals surface area contributed by atoms with Gasteiger partial charge in [-0.1, -0.05) is 30.3 Å². The topological polar surface area (TPSA) is 61.4 Å². The van der Waals surface area contributed by atoms with E-state index in [2.05, 4.69) is 15.5 Å². The van der Waals surface area contributed by atoms with Crippen molar-refractivity contribution in [2.75, 3.05) is 18.4 Å². The predicted octanol–water partition coefficient (Wildman–Crippen LogP) is 3.74. The molecule has 1 aliphatic heterocycles. The molecule has 0 unspecified atom stereocenters. The Balaban J connectivity index is 1.47. The van der Waals surface area contributed by atoms with Crippen LogP contribution in [0.4, 0.5) is 10.1 Å². The second-order valence-corrected chi connectivity index (χ2v) is 7.62. The van der Waals surface area contributed by atoms with Crippen LogP contribution in [0.3, 0.4) is 0 Å². The van der Waals surface area contributed by atoms with E-state index in [0.29, 0.717) is 13.1 Å². The van der Waals surface area contributed by atoms with E-state index in [4.69, 9.17) is 0 Å². The molecule has 5 nitrogen and oxygen atoms in total. The van der Waals surface area contributed by atoms with E-state index >= 15 is 0 Å². The van der Waals surface area contributed by atoms with Crippen LogP contribution in [0.5, 0.6) is 0 Å². The molecule has 1 fully saturated rings. The molecule has 0 aliphatic carbocycles. The number of para-hydroxylation sites is 1. The van der Waals surface area contributed by atoms with E-state index in [1.165, 1.54) is 12.1 Å². The number of nitrogens with zero attached hydrogens (tertiary/aromatic N) is 1. The van der Waals surface area contributed by atoms with Gasteiger partial charge in [-0.3, -0.25) is 14.5 Å². The van der Waals surface area contributed by atoms with Crippen LogP contribution in [0.15, 0.2) is 54.6 Å². The van der Waals surface area contributed by atoms with Crippen molar-refractivity contribution < 1.29 is 14.0 Å². The Hall–Kier alpha value is -2.73. The molecule has 2 aromatic carbocycles. The first-order valence-electron chi connectivity index (χ1n) is 10.1. The Morgan fingerprint density at radius 1 is 1.00 bits per heavy atom. The first-order chi connectivity index (χ1) is 13.9. The van der Waals surface area contributed by atoms with E-state index in [1.54, 1.807) is 12.1 Å². The van der Waals surface area contributed by atoms with Crippen LogP contribution in [-0.2, 0) is 9.59 Å². The molecule has 3 rings (SSSR count). The summed E-state index contributed by atoms with van der Waals surface area (Å²) in [6.45, 7) is 5.17. The fourth-order valence-electron chi connectivity index (χ4n) is 3.65. The zero-order valence-electron chi connectivity index (χ0n) is 16.9. The number of rotatable bonds is 6. The van der Waals surface area contributed by atoms with Gasteiger partial charge in [-0.05, 0) is 69.6 Å². The number of amides is 2. The van der Waals surface area contributed by atoms with Crippen LogP contribution >= 0.6 is 0 Å². The lowest BCUT2D eigenvalue weighted by molar-refractivity contribution is -0.127. The lowest BCUT2D eigenvalue weighted by atomic mass is 9.94. The zero-order valence-corrected chi connectivity index (χ0v) is 16.9. The SMILES string of the molecule is C[C@H](NC(=O)[C@H](C)N1CCC(C(=O)Nc2ccccc2)CC1)c1ccc(F)cc1. The quantitative estimate of drug-likeness (QED) is 0.781. The van der Waals surface area contributed by atoms with Crippen LogP contribution in [0.1, 0.15) is 38.3 Å². The van der Waals surface area contributed by atoms with Gasteiger partial charge in [0.2, 0.25) is 11.8 Å². The third-order valence-electron chi connectivity index (χ3n) is 5.60. The molecule has 1 aliphatic rings. The highest BCUT2D eigenvalue weighted by Crippen LogP contribution is 2.21. The Morgan fingerprint density at radius 2 is 1.62 bits per heavy atom.